The van der Waals surface area contributed by atoms with E-state index in [1.165, 1.54) is 6.42 Å². The summed E-state index contributed by atoms with van der Waals surface area (Å²) in [6.45, 7) is 5.10. The lowest BCUT2D eigenvalue weighted by Crippen LogP contribution is -2.25. The molecule has 2 aromatic carbocycles. The SMILES string of the molecule is CC(C)OC(=O)Nc1ccc(-c2c(NC(=O)C3CC3)c3ccc(OC4CCOCC4)cc3n2C2CCC2)cc1. The van der Waals surface area contributed by atoms with Crippen molar-refractivity contribution in [1.82, 2.24) is 4.57 Å². The molecule has 2 aliphatic carbocycles. The summed E-state index contributed by atoms with van der Waals surface area (Å²) in [4.78, 5) is 25.1. The molecule has 0 spiro atoms. The number of hydrogen-bond donors (Lipinski definition) is 2. The van der Waals surface area contributed by atoms with E-state index in [0.29, 0.717) is 11.7 Å². The van der Waals surface area contributed by atoms with Crippen LogP contribution in [0.25, 0.3) is 22.2 Å². The minimum absolute atomic E-state index is 0.0844. The van der Waals surface area contributed by atoms with Gasteiger partial charge in [0.2, 0.25) is 5.91 Å². The normalized spacial score (nSPS) is 18.1. The van der Waals surface area contributed by atoms with Crippen LogP contribution in [0.3, 0.4) is 0 Å². The van der Waals surface area contributed by atoms with Crippen molar-refractivity contribution in [2.75, 3.05) is 23.8 Å². The van der Waals surface area contributed by atoms with Gasteiger partial charge in [0, 0.05) is 47.5 Å². The van der Waals surface area contributed by atoms with Gasteiger partial charge >= 0.3 is 6.09 Å². The maximum atomic E-state index is 13.0. The molecule has 0 bridgehead atoms. The first-order chi connectivity index (χ1) is 19.0. The standard InChI is InChI=1S/C31H37N3O5/c1-19(2)38-31(36)32-22-10-8-20(9-11-22)29-28(33-30(35)21-6-7-21)26-13-12-25(39-24-14-16-37-17-15-24)18-27(26)34(29)23-4-3-5-23/h8-13,18-19,21,23-24H,3-7,14-17H2,1-2H3,(H,32,36)(H,33,35). The van der Waals surface area contributed by atoms with Crippen LogP contribution in [0, 0.1) is 5.92 Å². The molecule has 2 saturated carbocycles. The van der Waals surface area contributed by atoms with E-state index in [4.69, 9.17) is 14.2 Å². The number of hydrogen-bond acceptors (Lipinski definition) is 5. The first kappa shape index (κ1) is 25.7. The molecule has 2 heterocycles. The zero-order chi connectivity index (χ0) is 26.9. The Labute approximate surface area is 229 Å². The van der Waals surface area contributed by atoms with Gasteiger partial charge in [-0.15, -0.1) is 0 Å². The van der Waals surface area contributed by atoms with Gasteiger partial charge < -0.3 is 24.1 Å². The Bertz CT molecular complexity index is 1350. The molecule has 2 amide bonds. The third kappa shape index (κ3) is 5.62. The molecule has 3 aliphatic rings. The maximum Gasteiger partial charge on any atom is 0.411 e. The Morgan fingerprint density at radius 2 is 1.69 bits per heavy atom. The highest BCUT2D eigenvalue weighted by molar-refractivity contribution is 6.10. The Hall–Kier alpha value is -3.52. The van der Waals surface area contributed by atoms with E-state index in [2.05, 4.69) is 27.3 Å². The van der Waals surface area contributed by atoms with Crippen molar-refractivity contribution in [3.05, 3.63) is 42.5 Å². The molecule has 8 heteroatoms. The molecular weight excluding hydrogens is 494 g/mol. The highest BCUT2D eigenvalue weighted by Gasteiger charge is 2.33. The molecule has 3 fully saturated rings. The molecular formula is C31H37N3O5. The summed E-state index contributed by atoms with van der Waals surface area (Å²) in [6, 6.07) is 14.4. The first-order valence-corrected chi connectivity index (χ1v) is 14.3. The number of fused-ring (bicyclic) bond motifs is 1. The number of anilines is 2. The van der Waals surface area contributed by atoms with Crippen LogP contribution in [0.1, 0.15) is 64.8 Å². The number of benzene rings is 2. The summed E-state index contributed by atoms with van der Waals surface area (Å²) < 4.78 is 19.5. The average molecular weight is 532 g/mol. The van der Waals surface area contributed by atoms with Gasteiger partial charge in [-0.25, -0.2) is 4.79 Å². The van der Waals surface area contributed by atoms with Gasteiger partial charge in [0.05, 0.1) is 36.2 Å². The maximum absolute atomic E-state index is 13.0. The Morgan fingerprint density at radius 3 is 2.33 bits per heavy atom. The first-order valence-electron chi connectivity index (χ1n) is 14.3. The zero-order valence-corrected chi connectivity index (χ0v) is 22.7. The fourth-order valence-corrected chi connectivity index (χ4v) is 5.43. The van der Waals surface area contributed by atoms with Crippen LogP contribution in [0.2, 0.25) is 0 Å². The van der Waals surface area contributed by atoms with E-state index in [0.717, 1.165) is 85.3 Å². The Morgan fingerprint density at radius 1 is 0.949 bits per heavy atom. The second-order valence-corrected chi connectivity index (χ2v) is 11.2. The number of amides is 2. The fourth-order valence-electron chi connectivity index (χ4n) is 5.43. The molecule has 0 unspecified atom stereocenters. The Kier molecular flexibility index (Phi) is 7.21. The number of aromatic nitrogens is 1. The summed E-state index contributed by atoms with van der Waals surface area (Å²) in [5, 5.41) is 7.11. The van der Waals surface area contributed by atoms with Crippen LogP contribution in [-0.4, -0.2) is 42.0 Å². The van der Waals surface area contributed by atoms with Gasteiger partial charge in [0.25, 0.3) is 0 Å². The number of carbonyl (C=O) groups is 2. The van der Waals surface area contributed by atoms with Gasteiger partial charge in [-0.3, -0.25) is 10.1 Å². The summed E-state index contributed by atoms with van der Waals surface area (Å²) in [5.74, 6) is 1.03. The van der Waals surface area contributed by atoms with Crippen LogP contribution >= 0.6 is 0 Å². The van der Waals surface area contributed by atoms with E-state index in [1.807, 2.05) is 44.2 Å². The highest BCUT2D eigenvalue weighted by Crippen LogP contribution is 2.47. The van der Waals surface area contributed by atoms with Crippen LogP contribution in [0.5, 0.6) is 5.75 Å². The molecule has 2 N–H and O–H groups in total. The molecule has 206 valence electrons. The summed E-state index contributed by atoms with van der Waals surface area (Å²) in [7, 11) is 0. The van der Waals surface area contributed by atoms with Gasteiger partial charge in [0.1, 0.15) is 11.9 Å². The topological polar surface area (TPSA) is 90.8 Å². The zero-order valence-electron chi connectivity index (χ0n) is 22.7. The smallest absolute Gasteiger partial charge is 0.411 e. The number of rotatable bonds is 8. The highest BCUT2D eigenvalue weighted by atomic mass is 16.6. The predicted molar refractivity (Wildman–Crippen MR) is 151 cm³/mol. The van der Waals surface area contributed by atoms with Crippen molar-refractivity contribution < 1.29 is 23.8 Å². The van der Waals surface area contributed by atoms with Crippen LogP contribution in [0.15, 0.2) is 42.5 Å². The third-order valence-electron chi connectivity index (χ3n) is 7.83. The third-order valence-corrected chi connectivity index (χ3v) is 7.83. The molecule has 39 heavy (non-hydrogen) atoms. The van der Waals surface area contributed by atoms with Crippen LogP contribution in [-0.2, 0) is 14.3 Å². The van der Waals surface area contributed by atoms with Crippen LogP contribution < -0.4 is 15.4 Å². The summed E-state index contributed by atoms with van der Waals surface area (Å²) in [5.41, 5.74) is 4.58. The molecule has 3 aromatic rings. The lowest BCUT2D eigenvalue weighted by Gasteiger charge is -2.30. The van der Waals surface area contributed by atoms with Crippen molar-refractivity contribution in [2.24, 2.45) is 5.92 Å². The van der Waals surface area contributed by atoms with Crippen molar-refractivity contribution in [3.63, 3.8) is 0 Å². The number of carbonyl (C=O) groups excluding carboxylic acids is 2. The Balaban J connectivity index is 1.40. The van der Waals surface area contributed by atoms with Crippen molar-refractivity contribution >= 4 is 34.3 Å². The van der Waals surface area contributed by atoms with Crippen molar-refractivity contribution in [1.29, 1.82) is 0 Å². The average Bonchev–Trinajstić information content (AvgIpc) is 3.69. The van der Waals surface area contributed by atoms with Gasteiger partial charge in [0.15, 0.2) is 0 Å². The van der Waals surface area contributed by atoms with Gasteiger partial charge in [-0.1, -0.05) is 12.1 Å². The summed E-state index contributed by atoms with van der Waals surface area (Å²) in [6.07, 6.45) is 6.53. The fraction of sp³-hybridized carbons (Fsp3) is 0.484. The van der Waals surface area contributed by atoms with Crippen LogP contribution in [0.4, 0.5) is 16.2 Å². The molecule has 1 saturated heterocycles. The summed E-state index contributed by atoms with van der Waals surface area (Å²) >= 11 is 0. The van der Waals surface area contributed by atoms with Crippen molar-refractivity contribution in [3.8, 4) is 17.0 Å². The lowest BCUT2D eigenvalue weighted by atomic mass is 9.92. The van der Waals surface area contributed by atoms with E-state index >= 15 is 0 Å². The minimum Gasteiger partial charge on any atom is -0.490 e. The van der Waals surface area contributed by atoms with E-state index < -0.39 is 6.09 Å². The molecule has 8 nitrogen and oxygen atoms in total. The number of nitrogens with zero attached hydrogens (tertiary/aromatic N) is 1. The second kappa shape index (κ2) is 10.9. The quantitative estimate of drug-likeness (QED) is 0.330. The molecule has 1 aromatic heterocycles. The lowest BCUT2D eigenvalue weighted by molar-refractivity contribution is -0.117. The van der Waals surface area contributed by atoms with Gasteiger partial charge in [-0.05, 0) is 70.2 Å². The minimum atomic E-state index is -0.476. The monoisotopic (exact) mass is 531 g/mol. The van der Waals surface area contributed by atoms with E-state index in [1.54, 1.807) is 0 Å². The second-order valence-electron chi connectivity index (χ2n) is 11.2. The van der Waals surface area contributed by atoms with Gasteiger partial charge in [-0.2, -0.15) is 0 Å². The molecule has 0 atom stereocenters. The number of ether oxygens (including phenoxy) is 3. The van der Waals surface area contributed by atoms with Crippen molar-refractivity contribution in [2.45, 2.75) is 77.0 Å². The largest absolute Gasteiger partial charge is 0.490 e. The van der Waals surface area contributed by atoms with E-state index in [-0.39, 0.29) is 24.0 Å². The molecule has 1 aliphatic heterocycles. The predicted octanol–water partition coefficient (Wildman–Crippen LogP) is 6.90. The number of nitrogens with one attached hydrogen (secondary N) is 2. The molecule has 0 radical (unpaired) electrons. The van der Waals surface area contributed by atoms with E-state index in [9.17, 15) is 9.59 Å². The molecule has 6 rings (SSSR count).